The number of carbonyl (C=O) groups excluding carboxylic acids is 2. The summed E-state index contributed by atoms with van der Waals surface area (Å²) in [6, 6.07) is 15.6. The lowest BCUT2D eigenvalue weighted by Crippen LogP contribution is -2.38. The van der Waals surface area contributed by atoms with Crippen molar-refractivity contribution in [3.8, 4) is 22.6 Å². The van der Waals surface area contributed by atoms with Crippen molar-refractivity contribution in [2.45, 2.75) is 46.6 Å². The minimum atomic E-state index is -0.663. The average molecular weight is 584 g/mol. The van der Waals surface area contributed by atoms with E-state index in [1.807, 2.05) is 39.0 Å². The largest absolute Gasteiger partial charge is 0.485 e. The molecule has 1 saturated heterocycles. The molecule has 0 unspecified atom stereocenters. The van der Waals surface area contributed by atoms with Crippen LogP contribution in [0.1, 0.15) is 61.4 Å². The second kappa shape index (κ2) is 10.6. The van der Waals surface area contributed by atoms with Crippen molar-refractivity contribution in [2.24, 2.45) is 5.41 Å². The molecule has 0 amide bonds. The smallest absolute Gasteiger partial charge is 0.338 e. The summed E-state index contributed by atoms with van der Waals surface area (Å²) in [4.78, 5) is 26.7. The molecule has 0 N–H and O–H groups in total. The lowest BCUT2D eigenvalue weighted by atomic mass is 9.92. The van der Waals surface area contributed by atoms with E-state index in [1.165, 1.54) is 23.9 Å². The Morgan fingerprint density at radius 1 is 1.02 bits per heavy atom. The Morgan fingerprint density at radius 3 is 2.35 bits per heavy atom. The quantitative estimate of drug-likeness (QED) is 0.197. The first kappa shape index (κ1) is 28.6. The summed E-state index contributed by atoms with van der Waals surface area (Å²) in [5.74, 6) is -0.513. The predicted molar refractivity (Wildman–Crippen MR) is 163 cm³/mol. The molecule has 0 aliphatic carbocycles. The normalized spacial score (nSPS) is 14.0. The molecule has 222 valence electrons. The van der Waals surface area contributed by atoms with Gasteiger partial charge in [0, 0.05) is 38.7 Å². The number of hydrogen-bond donors (Lipinski definition) is 0. The van der Waals surface area contributed by atoms with Crippen molar-refractivity contribution >= 4 is 33.7 Å². The molecule has 1 fully saturated rings. The Bertz CT molecular complexity index is 1870. The van der Waals surface area contributed by atoms with Gasteiger partial charge in [-0.05, 0) is 54.4 Å². The molecule has 3 aromatic carbocycles. The van der Waals surface area contributed by atoms with E-state index < -0.39 is 11.4 Å². The molecule has 3 heterocycles. The zero-order valence-electron chi connectivity index (χ0n) is 25.1. The van der Waals surface area contributed by atoms with E-state index >= 15 is 0 Å². The molecule has 43 heavy (non-hydrogen) atoms. The van der Waals surface area contributed by atoms with Crippen LogP contribution in [0, 0.1) is 11.2 Å². The van der Waals surface area contributed by atoms with Gasteiger partial charge in [-0.2, -0.15) is 9.78 Å². The van der Waals surface area contributed by atoms with Crippen molar-refractivity contribution in [1.82, 2.24) is 14.3 Å². The van der Waals surface area contributed by atoms with E-state index in [0.717, 1.165) is 33.2 Å². The van der Waals surface area contributed by atoms with Gasteiger partial charge in [0.05, 0.1) is 43.1 Å². The zero-order chi connectivity index (χ0) is 30.6. The molecule has 0 atom stereocenters. The fourth-order valence-electron chi connectivity index (χ4n) is 5.61. The number of aromatic nitrogens is 3. The lowest BCUT2D eigenvalue weighted by molar-refractivity contribution is -0.0794. The molecule has 0 radical (unpaired) electrons. The molecule has 2 aromatic heterocycles. The van der Waals surface area contributed by atoms with E-state index in [0.29, 0.717) is 35.6 Å². The summed E-state index contributed by atoms with van der Waals surface area (Å²) < 4.78 is 34.6. The zero-order valence-corrected chi connectivity index (χ0v) is 25.1. The van der Waals surface area contributed by atoms with Crippen LogP contribution in [0.5, 0.6) is 5.75 Å². The van der Waals surface area contributed by atoms with Gasteiger partial charge < -0.3 is 18.8 Å². The second-order valence-electron chi connectivity index (χ2n) is 12.2. The Morgan fingerprint density at radius 2 is 1.74 bits per heavy atom. The molecule has 8 nitrogen and oxygen atoms in total. The summed E-state index contributed by atoms with van der Waals surface area (Å²) in [7, 11) is 1.35. The van der Waals surface area contributed by atoms with Gasteiger partial charge in [-0.15, -0.1) is 0 Å². The van der Waals surface area contributed by atoms with Crippen LogP contribution in [0.4, 0.5) is 4.39 Å². The number of fused-ring (bicyclic) bond motifs is 2. The van der Waals surface area contributed by atoms with E-state index in [-0.39, 0.29) is 23.7 Å². The molecular weight excluding hydrogens is 549 g/mol. The highest BCUT2D eigenvalue weighted by molar-refractivity contribution is 6.11. The Hall–Kier alpha value is -4.50. The molecule has 0 bridgehead atoms. The maximum Gasteiger partial charge on any atom is 0.338 e. The third kappa shape index (κ3) is 4.87. The van der Waals surface area contributed by atoms with Gasteiger partial charge in [-0.25, -0.2) is 9.18 Å². The minimum absolute atomic E-state index is 0.0474. The fourth-order valence-corrected chi connectivity index (χ4v) is 5.61. The Labute approximate surface area is 249 Å². The van der Waals surface area contributed by atoms with Gasteiger partial charge in [0.1, 0.15) is 17.7 Å². The Kier molecular flexibility index (Phi) is 7.08. The summed E-state index contributed by atoms with van der Waals surface area (Å²) in [5, 5.41) is 6.03. The van der Waals surface area contributed by atoms with Crippen molar-refractivity contribution in [3.05, 3.63) is 77.9 Å². The van der Waals surface area contributed by atoms with Gasteiger partial charge in [0.15, 0.2) is 0 Å². The van der Waals surface area contributed by atoms with Crippen LogP contribution in [0.15, 0.2) is 60.8 Å². The highest BCUT2D eigenvalue weighted by atomic mass is 19.1. The van der Waals surface area contributed by atoms with Gasteiger partial charge in [0.2, 0.25) is 0 Å². The standard InChI is InChI=1S/C34H34FN3O5/c1-19(2)31-30(29-24(32(39)41-6)8-7-9-28(29)43-23-17-42-18-23)25-15-26-20(16-36-38(26)33(40)34(3,4)5)14-27(25)37(31)22-12-10-21(35)11-13-22/h7-16,19,23H,17-18H2,1-6H3. The van der Waals surface area contributed by atoms with Crippen LogP contribution >= 0.6 is 0 Å². The fraction of sp³-hybridized carbons (Fsp3) is 0.324. The number of nitrogens with zero attached hydrogens (tertiary/aromatic N) is 3. The van der Waals surface area contributed by atoms with Gasteiger partial charge >= 0.3 is 5.97 Å². The monoisotopic (exact) mass is 583 g/mol. The van der Waals surface area contributed by atoms with Crippen molar-refractivity contribution < 1.29 is 28.2 Å². The summed E-state index contributed by atoms with van der Waals surface area (Å²) in [5.41, 5.74) is 4.14. The van der Waals surface area contributed by atoms with Crippen LogP contribution in [0.25, 0.3) is 38.6 Å². The number of esters is 1. The van der Waals surface area contributed by atoms with E-state index in [9.17, 15) is 14.0 Å². The average Bonchev–Trinajstić information content (AvgIpc) is 3.51. The first-order chi connectivity index (χ1) is 20.5. The van der Waals surface area contributed by atoms with Gasteiger partial charge in [-0.1, -0.05) is 40.7 Å². The molecule has 6 rings (SSSR count). The molecule has 5 aromatic rings. The van der Waals surface area contributed by atoms with Crippen molar-refractivity contribution in [2.75, 3.05) is 20.3 Å². The third-order valence-corrected chi connectivity index (χ3v) is 7.74. The molecule has 1 aliphatic heterocycles. The number of methoxy groups -OCH3 is 1. The minimum Gasteiger partial charge on any atom is -0.485 e. The van der Waals surface area contributed by atoms with Crippen molar-refractivity contribution in [3.63, 3.8) is 0 Å². The molecule has 0 spiro atoms. The summed E-state index contributed by atoms with van der Waals surface area (Å²) >= 11 is 0. The number of rotatable bonds is 6. The summed E-state index contributed by atoms with van der Waals surface area (Å²) in [6.07, 6.45) is 1.53. The molecule has 0 saturated carbocycles. The number of carbonyl (C=O) groups is 2. The number of halogens is 1. The lowest BCUT2D eigenvalue weighted by Gasteiger charge is -2.28. The number of benzene rings is 3. The van der Waals surface area contributed by atoms with Crippen LogP contribution in [-0.4, -0.2) is 52.7 Å². The predicted octanol–water partition coefficient (Wildman–Crippen LogP) is 7.16. The van der Waals surface area contributed by atoms with Crippen LogP contribution < -0.4 is 4.74 Å². The van der Waals surface area contributed by atoms with E-state index in [4.69, 9.17) is 14.2 Å². The van der Waals surface area contributed by atoms with Crippen LogP contribution in [0.3, 0.4) is 0 Å². The highest BCUT2D eigenvalue weighted by Crippen LogP contribution is 2.47. The maximum absolute atomic E-state index is 14.1. The Balaban J connectivity index is 1.77. The van der Waals surface area contributed by atoms with Crippen LogP contribution in [-0.2, 0) is 9.47 Å². The van der Waals surface area contributed by atoms with Gasteiger partial charge in [-0.3, -0.25) is 4.79 Å². The molecule has 9 heteroatoms. The second-order valence-corrected chi connectivity index (χ2v) is 12.2. The number of ether oxygens (including phenoxy) is 3. The topological polar surface area (TPSA) is 84.6 Å². The SMILES string of the molecule is COC(=O)c1cccc(OC2COC2)c1-c1c(C(C)C)n(-c2ccc(F)cc2)c2cc3cnn(C(=O)C(C)(C)C)c3cc12. The first-order valence-corrected chi connectivity index (χ1v) is 14.3. The maximum atomic E-state index is 14.1. The first-order valence-electron chi connectivity index (χ1n) is 14.3. The van der Waals surface area contributed by atoms with E-state index in [1.54, 1.807) is 30.5 Å². The van der Waals surface area contributed by atoms with Gasteiger partial charge in [0.25, 0.3) is 5.91 Å². The highest BCUT2D eigenvalue weighted by Gasteiger charge is 2.32. The van der Waals surface area contributed by atoms with Crippen molar-refractivity contribution in [1.29, 1.82) is 0 Å². The number of hydrogen-bond acceptors (Lipinski definition) is 6. The van der Waals surface area contributed by atoms with E-state index in [2.05, 4.69) is 23.5 Å². The molecule has 1 aliphatic rings. The third-order valence-electron chi connectivity index (χ3n) is 7.74. The summed E-state index contributed by atoms with van der Waals surface area (Å²) in [6.45, 7) is 10.6. The molecular formula is C34H34FN3O5. The van der Waals surface area contributed by atoms with Crippen LogP contribution in [0.2, 0.25) is 0 Å².